The number of amides is 1. The molecule has 120 valence electrons. The highest BCUT2D eigenvalue weighted by molar-refractivity contribution is 9.10. The zero-order chi connectivity index (χ0) is 15.7. The zero-order valence-electron chi connectivity index (χ0n) is 13.2. The predicted octanol–water partition coefficient (Wildman–Crippen LogP) is 3.75. The minimum atomic E-state index is -0.230. The van der Waals surface area contributed by atoms with Gasteiger partial charge in [-0.05, 0) is 63.9 Å². The lowest BCUT2D eigenvalue weighted by molar-refractivity contribution is 0.00133. The number of benzene rings is 1. The van der Waals surface area contributed by atoms with Crippen LogP contribution >= 0.6 is 15.9 Å². The molecule has 2 bridgehead atoms. The van der Waals surface area contributed by atoms with Gasteiger partial charge in [-0.1, -0.05) is 22.0 Å². The Morgan fingerprint density at radius 1 is 1.36 bits per heavy atom. The Labute approximate surface area is 140 Å². The van der Waals surface area contributed by atoms with Crippen LogP contribution in [0.15, 0.2) is 28.7 Å². The molecule has 1 aromatic carbocycles. The monoisotopic (exact) mass is 366 g/mol. The third-order valence-electron chi connectivity index (χ3n) is 4.75. The molecular weight excluding hydrogens is 344 g/mol. The van der Waals surface area contributed by atoms with Crippen LogP contribution in [-0.2, 0) is 0 Å². The number of piperidine rings is 3. The van der Waals surface area contributed by atoms with Crippen molar-refractivity contribution in [1.29, 1.82) is 0 Å². The third-order valence-corrected chi connectivity index (χ3v) is 5.24. The van der Waals surface area contributed by atoms with Gasteiger partial charge in [-0.15, -0.1) is 0 Å². The van der Waals surface area contributed by atoms with Crippen LogP contribution in [0, 0.1) is 5.92 Å². The van der Waals surface area contributed by atoms with Crippen molar-refractivity contribution < 1.29 is 9.53 Å². The van der Waals surface area contributed by atoms with E-state index in [0.29, 0.717) is 11.7 Å². The van der Waals surface area contributed by atoms with Gasteiger partial charge in [-0.3, -0.25) is 0 Å². The molecule has 1 atom stereocenters. The minimum Gasteiger partial charge on any atom is -0.410 e. The molecule has 3 fully saturated rings. The number of carbonyl (C=O) groups is 1. The lowest BCUT2D eigenvalue weighted by atomic mass is 9.83. The Balaban J connectivity index is 1.74. The average molecular weight is 367 g/mol. The highest BCUT2D eigenvalue weighted by Gasteiger charge is 2.40. The summed E-state index contributed by atoms with van der Waals surface area (Å²) in [5, 5.41) is 0. The molecule has 3 heterocycles. The van der Waals surface area contributed by atoms with E-state index in [9.17, 15) is 4.79 Å². The topological polar surface area (TPSA) is 32.8 Å². The maximum Gasteiger partial charge on any atom is 0.415 e. The van der Waals surface area contributed by atoms with Gasteiger partial charge in [0.15, 0.2) is 0 Å². The minimum absolute atomic E-state index is 0.144. The van der Waals surface area contributed by atoms with Crippen molar-refractivity contribution in [3.8, 4) is 5.75 Å². The van der Waals surface area contributed by atoms with E-state index in [-0.39, 0.29) is 18.2 Å². The van der Waals surface area contributed by atoms with E-state index in [1.165, 1.54) is 25.9 Å². The molecule has 1 unspecified atom stereocenters. The Bertz CT molecular complexity index is 541. The molecule has 4 nitrogen and oxygen atoms in total. The second-order valence-electron chi connectivity index (χ2n) is 6.53. The predicted molar refractivity (Wildman–Crippen MR) is 90.1 cm³/mol. The van der Waals surface area contributed by atoms with E-state index < -0.39 is 0 Å². The summed E-state index contributed by atoms with van der Waals surface area (Å²) in [6.45, 7) is 7.47. The lowest BCUT2D eigenvalue weighted by Crippen LogP contribution is -2.60. The fraction of sp³-hybridized carbons (Fsp3) is 0.588. The summed E-state index contributed by atoms with van der Waals surface area (Å²) in [6, 6.07) is 7.86. The Morgan fingerprint density at radius 3 is 2.64 bits per heavy atom. The normalized spacial score (nSPS) is 27.0. The largest absolute Gasteiger partial charge is 0.415 e. The number of ether oxygens (including phenoxy) is 1. The summed E-state index contributed by atoms with van der Waals surface area (Å²) >= 11 is 3.41. The molecule has 0 saturated carbocycles. The maximum atomic E-state index is 12.7. The molecule has 3 aliphatic heterocycles. The molecule has 5 heteroatoms. The summed E-state index contributed by atoms with van der Waals surface area (Å²) in [7, 11) is 0. The van der Waals surface area contributed by atoms with Gasteiger partial charge >= 0.3 is 6.09 Å². The first kappa shape index (κ1) is 15.8. The molecule has 3 aliphatic rings. The molecule has 1 amide bonds. The van der Waals surface area contributed by atoms with Gasteiger partial charge in [0.2, 0.25) is 0 Å². The van der Waals surface area contributed by atoms with E-state index in [4.69, 9.17) is 4.74 Å². The molecule has 22 heavy (non-hydrogen) atoms. The molecule has 0 aromatic heterocycles. The second kappa shape index (κ2) is 6.59. The van der Waals surface area contributed by atoms with Crippen molar-refractivity contribution in [2.45, 2.75) is 38.8 Å². The summed E-state index contributed by atoms with van der Waals surface area (Å²) in [5.41, 5.74) is 0. The number of nitrogens with zero attached hydrogens (tertiary/aromatic N) is 2. The van der Waals surface area contributed by atoms with Crippen LogP contribution in [-0.4, -0.2) is 47.6 Å². The highest BCUT2D eigenvalue weighted by atomic mass is 79.9. The molecule has 0 radical (unpaired) electrons. The number of hydrogen-bond donors (Lipinski definition) is 0. The molecule has 0 N–H and O–H groups in total. The van der Waals surface area contributed by atoms with Gasteiger partial charge in [0, 0.05) is 17.1 Å². The van der Waals surface area contributed by atoms with Crippen molar-refractivity contribution in [3.63, 3.8) is 0 Å². The fourth-order valence-corrected chi connectivity index (χ4v) is 4.04. The van der Waals surface area contributed by atoms with Crippen LogP contribution in [0.1, 0.15) is 26.7 Å². The molecule has 3 saturated heterocycles. The van der Waals surface area contributed by atoms with Crippen molar-refractivity contribution in [1.82, 2.24) is 9.80 Å². The maximum absolute atomic E-state index is 12.7. The summed E-state index contributed by atoms with van der Waals surface area (Å²) in [5.74, 6) is 1.20. The second-order valence-corrected chi connectivity index (χ2v) is 7.45. The van der Waals surface area contributed by atoms with Gasteiger partial charge in [0.1, 0.15) is 5.75 Å². The average Bonchev–Trinajstić information content (AvgIpc) is 2.48. The van der Waals surface area contributed by atoms with Crippen LogP contribution in [0.3, 0.4) is 0 Å². The van der Waals surface area contributed by atoms with E-state index >= 15 is 0 Å². The van der Waals surface area contributed by atoms with Gasteiger partial charge < -0.3 is 14.5 Å². The molecule has 4 rings (SSSR count). The van der Waals surface area contributed by atoms with Crippen molar-refractivity contribution in [2.24, 2.45) is 5.92 Å². The standard InChI is InChI=1S/C17H23BrN2O2/c1-12(2)20(16-11-19-8-6-13(16)7-9-19)17(21)22-15-5-3-4-14(18)10-15/h3-5,10,12-13,16H,6-9,11H2,1-2H3. The quantitative estimate of drug-likeness (QED) is 0.816. The Hall–Kier alpha value is -1.07. The first-order chi connectivity index (χ1) is 10.5. The Kier molecular flexibility index (Phi) is 4.73. The van der Waals surface area contributed by atoms with Gasteiger partial charge in [0.25, 0.3) is 0 Å². The Morgan fingerprint density at radius 2 is 2.09 bits per heavy atom. The smallest absolute Gasteiger partial charge is 0.410 e. The molecular formula is C17H23BrN2O2. The molecule has 0 aliphatic carbocycles. The van der Waals surface area contributed by atoms with E-state index in [0.717, 1.165) is 11.0 Å². The summed E-state index contributed by atoms with van der Waals surface area (Å²) in [6.07, 6.45) is 2.16. The van der Waals surface area contributed by atoms with Crippen LogP contribution in [0.2, 0.25) is 0 Å². The lowest BCUT2D eigenvalue weighted by Gasteiger charge is -2.49. The number of fused-ring (bicyclic) bond motifs is 3. The van der Waals surface area contributed by atoms with Crippen molar-refractivity contribution in [3.05, 3.63) is 28.7 Å². The third kappa shape index (κ3) is 3.30. The van der Waals surface area contributed by atoms with Crippen LogP contribution in [0.5, 0.6) is 5.75 Å². The molecule has 0 spiro atoms. The van der Waals surface area contributed by atoms with Gasteiger partial charge in [0.05, 0.1) is 6.04 Å². The van der Waals surface area contributed by atoms with Crippen LogP contribution < -0.4 is 4.74 Å². The zero-order valence-corrected chi connectivity index (χ0v) is 14.8. The number of carbonyl (C=O) groups excluding carboxylic acids is 1. The van der Waals surface area contributed by atoms with Crippen molar-refractivity contribution >= 4 is 22.0 Å². The van der Waals surface area contributed by atoms with Gasteiger partial charge in [-0.2, -0.15) is 0 Å². The number of rotatable bonds is 3. The van der Waals surface area contributed by atoms with Crippen LogP contribution in [0.4, 0.5) is 4.79 Å². The van der Waals surface area contributed by atoms with Gasteiger partial charge in [-0.25, -0.2) is 4.79 Å². The SMILES string of the molecule is CC(C)N(C(=O)Oc1cccc(Br)c1)C1CN2CCC1CC2. The first-order valence-corrected chi connectivity index (χ1v) is 8.82. The number of halogens is 1. The molecule has 1 aromatic rings. The van der Waals surface area contributed by atoms with E-state index in [1.807, 2.05) is 29.2 Å². The highest BCUT2D eigenvalue weighted by Crippen LogP contribution is 2.32. The number of hydrogen-bond acceptors (Lipinski definition) is 3. The fourth-order valence-electron chi connectivity index (χ4n) is 3.66. The van der Waals surface area contributed by atoms with E-state index in [1.54, 1.807) is 0 Å². The summed E-state index contributed by atoms with van der Waals surface area (Å²) < 4.78 is 6.53. The van der Waals surface area contributed by atoms with Crippen molar-refractivity contribution in [2.75, 3.05) is 19.6 Å². The first-order valence-electron chi connectivity index (χ1n) is 8.02. The van der Waals surface area contributed by atoms with Crippen LogP contribution in [0.25, 0.3) is 0 Å². The summed E-state index contributed by atoms with van der Waals surface area (Å²) in [4.78, 5) is 17.1. The van der Waals surface area contributed by atoms with E-state index in [2.05, 4.69) is 34.7 Å².